The van der Waals surface area contributed by atoms with E-state index in [9.17, 15) is 9.59 Å². The van der Waals surface area contributed by atoms with E-state index in [4.69, 9.17) is 28.3 Å². The van der Waals surface area contributed by atoms with Crippen molar-refractivity contribution in [1.29, 1.82) is 0 Å². The van der Waals surface area contributed by atoms with Crippen molar-refractivity contribution in [3.8, 4) is 0 Å². The van der Waals surface area contributed by atoms with Crippen molar-refractivity contribution in [2.45, 2.75) is 13.0 Å². The number of nitrogens with one attached hydrogen (secondary N) is 1. The van der Waals surface area contributed by atoms with Crippen LogP contribution in [0.25, 0.3) is 0 Å². The molecule has 7 heteroatoms. The van der Waals surface area contributed by atoms with Gasteiger partial charge in [0.15, 0.2) is 0 Å². The largest absolute Gasteiger partial charge is 0.480 e. The van der Waals surface area contributed by atoms with E-state index in [2.05, 4.69) is 5.32 Å². The zero-order valence-corrected chi connectivity index (χ0v) is 9.91. The van der Waals surface area contributed by atoms with Gasteiger partial charge in [-0.25, -0.2) is 0 Å². The summed E-state index contributed by atoms with van der Waals surface area (Å²) in [6, 6.07) is 0.436. The summed E-state index contributed by atoms with van der Waals surface area (Å²) < 4.78 is 0.628. The van der Waals surface area contributed by atoms with Gasteiger partial charge in [0.25, 0.3) is 5.91 Å². The van der Waals surface area contributed by atoms with E-state index in [1.165, 1.54) is 13.0 Å². The van der Waals surface area contributed by atoms with Crippen LogP contribution in [0.1, 0.15) is 17.3 Å². The normalized spacial score (nSPS) is 12.2. The molecule has 1 aromatic heterocycles. The molecule has 1 atom stereocenters. The summed E-state index contributed by atoms with van der Waals surface area (Å²) >= 11 is 12.4. The van der Waals surface area contributed by atoms with E-state index in [1.54, 1.807) is 0 Å². The zero-order valence-electron chi connectivity index (χ0n) is 7.58. The minimum atomic E-state index is -1.11. The van der Waals surface area contributed by atoms with E-state index in [-0.39, 0.29) is 9.90 Å². The first-order valence-corrected chi connectivity index (χ1v) is 5.47. The molecule has 4 nitrogen and oxygen atoms in total. The first-order chi connectivity index (χ1) is 6.91. The fourth-order valence-electron chi connectivity index (χ4n) is 0.831. The predicted molar refractivity (Wildman–Crippen MR) is 58.9 cm³/mol. The summed E-state index contributed by atoms with van der Waals surface area (Å²) in [5.41, 5.74) is 0.194. The smallest absolute Gasteiger partial charge is 0.325 e. The summed E-state index contributed by atoms with van der Waals surface area (Å²) in [7, 11) is 0. The predicted octanol–water partition coefficient (Wildman–Crippen LogP) is 2.26. The second-order valence-electron chi connectivity index (χ2n) is 2.77. The van der Waals surface area contributed by atoms with Crippen molar-refractivity contribution in [2.24, 2.45) is 0 Å². The van der Waals surface area contributed by atoms with Crippen molar-refractivity contribution < 1.29 is 14.7 Å². The SMILES string of the molecule is C[C@@H](NC(=O)c1cc(Cl)sc1Cl)C(=O)O. The van der Waals surface area contributed by atoms with Crippen LogP contribution in [0.3, 0.4) is 0 Å². The second kappa shape index (κ2) is 4.83. The van der Waals surface area contributed by atoms with Gasteiger partial charge in [-0.1, -0.05) is 23.2 Å². The maximum atomic E-state index is 11.5. The maximum Gasteiger partial charge on any atom is 0.325 e. The molecule has 0 radical (unpaired) electrons. The van der Waals surface area contributed by atoms with Gasteiger partial charge in [-0.3, -0.25) is 9.59 Å². The molecule has 0 aliphatic rings. The van der Waals surface area contributed by atoms with Crippen molar-refractivity contribution in [3.63, 3.8) is 0 Å². The molecule has 0 spiro atoms. The van der Waals surface area contributed by atoms with Crippen LogP contribution >= 0.6 is 34.5 Å². The number of carbonyl (C=O) groups is 2. The Bertz CT molecular complexity index is 405. The highest BCUT2D eigenvalue weighted by Crippen LogP contribution is 2.30. The average molecular weight is 268 g/mol. The third-order valence-corrected chi connectivity index (χ3v) is 3.11. The number of rotatable bonds is 3. The van der Waals surface area contributed by atoms with Crippen LogP contribution in [0.2, 0.25) is 8.67 Å². The van der Waals surface area contributed by atoms with Gasteiger partial charge >= 0.3 is 5.97 Å². The van der Waals surface area contributed by atoms with Crippen LogP contribution in [-0.4, -0.2) is 23.0 Å². The number of hydrogen-bond acceptors (Lipinski definition) is 3. The van der Waals surface area contributed by atoms with E-state index in [1.807, 2.05) is 0 Å². The first-order valence-electron chi connectivity index (χ1n) is 3.90. The number of aliphatic carboxylic acids is 1. The molecule has 0 unspecified atom stereocenters. The van der Waals surface area contributed by atoms with Gasteiger partial charge in [0.2, 0.25) is 0 Å². The first kappa shape index (κ1) is 12.3. The molecule has 0 saturated heterocycles. The van der Waals surface area contributed by atoms with E-state index in [0.29, 0.717) is 4.34 Å². The van der Waals surface area contributed by atoms with Crippen molar-refractivity contribution in [1.82, 2.24) is 5.32 Å². The summed E-state index contributed by atoms with van der Waals surface area (Å²) in [5.74, 6) is -1.65. The molecule has 1 amide bonds. The van der Waals surface area contributed by atoms with E-state index >= 15 is 0 Å². The molecule has 15 heavy (non-hydrogen) atoms. The minimum Gasteiger partial charge on any atom is -0.480 e. The molecule has 0 saturated carbocycles. The number of carboxylic acids is 1. The summed E-state index contributed by atoms with van der Waals surface area (Å²) in [6.45, 7) is 1.36. The third-order valence-electron chi connectivity index (χ3n) is 1.62. The summed E-state index contributed by atoms with van der Waals surface area (Å²) in [6.07, 6.45) is 0. The number of amides is 1. The van der Waals surface area contributed by atoms with Crippen molar-refractivity contribution in [3.05, 3.63) is 20.3 Å². The monoisotopic (exact) mass is 267 g/mol. The highest BCUT2D eigenvalue weighted by molar-refractivity contribution is 7.20. The van der Waals surface area contributed by atoms with Gasteiger partial charge in [-0.05, 0) is 13.0 Å². The third kappa shape index (κ3) is 3.09. The van der Waals surface area contributed by atoms with E-state index in [0.717, 1.165) is 11.3 Å². The van der Waals surface area contributed by atoms with E-state index < -0.39 is 17.9 Å². The second-order valence-corrected chi connectivity index (χ2v) is 5.06. The van der Waals surface area contributed by atoms with Gasteiger partial charge in [0, 0.05) is 0 Å². The number of halogens is 2. The van der Waals surface area contributed by atoms with Gasteiger partial charge in [-0.15, -0.1) is 11.3 Å². The summed E-state index contributed by atoms with van der Waals surface area (Å²) in [4.78, 5) is 22.0. The van der Waals surface area contributed by atoms with Crippen LogP contribution in [-0.2, 0) is 4.79 Å². The Morgan fingerprint density at radius 2 is 2.13 bits per heavy atom. The molecule has 0 bridgehead atoms. The van der Waals surface area contributed by atoms with Crippen molar-refractivity contribution in [2.75, 3.05) is 0 Å². The zero-order chi connectivity index (χ0) is 11.6. The average Bonchev–Trinajstić information content (AvgIpc) is 2.44. The molecular formula is C8H7Cl2NO3S. The Balaban J connectivity index is 2.77. The lowest BCUT2D eigenvalue weighted by Crippen LogP contribution is -2.38. The van der Waals surface area contributed by atoms with Crippen LogP contribution < -0.4 is 5.32 Å². The minimum absolute atomic E-state index is 0.194. The number of carboxylic acid groups (broad SMARTS) is 1. The lowest BCUT2D eigenvalue weighted by atomic mass is 10.3. The fraction of sp³-hybridized carbons (Fsp3) is 0.250. The topological polar surface area (TPSA) is 66.4 Å². The molecule has 0 aliphatic heterocycles. The van der Waals surface area contributed by atoms with Crippen LogP contribution in [0.15, 0.2) is 6.07 Å². The van der Waals surface area contributed by atoms with Gasteiger partial charge in [-0.2, -0.15) is 0 Å². The number of hydrogen-bond donors (Lipinski definition) is 2. The Labute approximate surface area is 99.8 Å². The molecule has 1 heterocycles. The molecular weight excluding hydrogens is 261 g/mol. The maximum absolute atomic E-state index is 11.5. The van der Waals surface area contributed by atoms with Gasteiger partial charge in [0.1, 0.15) is 10.4 Å². The molecule has 0 aromatic carbocycles. The van der Waals surface area contributed by atoms with Crippen LogP contribution in [0.4, 0.5) is 0 Å². The standard InChI is InChI=1S/C8H7Cl2NO3S/c1-3(8(13)14)11-7(12)4-2-5(9)15-6(4)10/h2-3H,1H3,(H,11,12)(H,13,14)/t3-/m1/s1. The number of carbonyl (C=O) groups excluding carboxylic acids is 1. The lowest BCUT2D eigenvalue weighted by Gasteiger charge is -2.07. The van der Waals surface area contributed by atoms with Gasteiger partial charge in [0.05, 0.1) is 9.90 Å². The van der Waals surface area contributed by atoms with Crippen LogP contribution in [0, 0.1) is 0 Å². The lowest BCUT2D eigenvalue weighted by molar-refractivity contribution is -0.138. The Kier molecular flexibility index (Phi) is 3.96. The quantitative estimate of drug-likeness (QED) is 0.883. The highest BCUT2D eigenvalue weighted by atomic mass is 35.5. The molecule has 1 aromatic rings. The summed E-state index contributed by atoms with van der Waals surface area (Å²) in [5, 5.41) is 10.9. The Morgan fingerprint density at radius 3 is 2.53 bits per heavy atom. The molecule has 82 valence electrons. The fourth-order valence-corrected chi connectivity index (χ4v) is 2.29. The van der Waals surface area contributed by atoms with Crippen molar-refractivity contribution >= 4 is 46.4 Å². The molecule has 0 fully saturated rings. The highest BCUT2D eigenvalue weighted by Gasteiger charge is 2.19. The molecule has 1 rings (SSSR count). The number of thiophene rings is 1. The Morgan fingerprint density at radius 1 is 1.53 bits per heavy atom. The van der Waals surface area contributed by atoms with Gasteiger partial charge < -0.3 is 10.4 Å². The molecule has 2 N–H and O–H groups in total. The molecule has 0 aliphatic carbocycles. The Hall–Kier alpha value is -0.780. The van der Waals surface area contributed by atoms with Crippen LogP contribution in [0.5, 0.6) is 0 Å².